The van der Waals surface area contributed by atoms with Crippen molar-refractivity contribution in [3.05, 3.63) is 64.1 Å². The first kappa shape index (κ1) is 11.9. The van der Waals surface area contributed by atoms with Crippen molar-refractivity contribution in [3.8, 4) is 0 Å². The van der Waals surface area contributed by atoms with Crippen molar-refractivity contribution in [2.75, 3.05) is 0 Å². The Balaban J connectivity index is 2.22. The first-order valence-corrected chi connectivity index (χ1v) is 5.83. The molecule has 0 spiro atoms. The number of carbonyl (C=O) groups excluding carboxylic acids is 1. The Morgan fingerprint density at radius 1 is 1.35 bits per heavy atom. The highest BCUT2D eigenvalue weighted by Crippen LogP contribution is 2.17. The van der Waals surface area contributed by atoms with Gasteiger partial charge in [-0.25, -0.2) is 4.39 Å². The molecule has 0 fully saturated rings. The molecule has 1 aromatic carbocycles. The van der Waals surface area contributed by atoms with Crippen molar-refractivity contribution in [1.82, 2.24) is 4.98 Å². The Morgan fingerprint density at radius 2 is 2.18 bits per heavy atom. The van der Waals surface area contributed by atoms with Gasteiger partial charge in [0.05, 0.1) is 0 Å². The number of Topliss-reactive ketones (excluding diaryl/α,β-unsaturated/α-hetero) is 1. The van der Waals surface area contributed by atoms with Crippen LogP contribution >= 0.6 is 15.9 Å². The largest absolute Gasteiger partial charge is 0.294 e. The van der Waals surface area contributed by atoms with Crippen molar-refractivity contribution >= 4 is 21.7 Å². The van der Waals surface area contributed by atoms with Crippen LogP contribution in [0, 0.1) is 5.82 Å². The average molecular weight is 294 g/mol. The van der Waals surface area contributed by atoms with Gasteiger partial charge in [-0.3, -0.25) is 9.78 Å². The topological polar surface area (TPSA) is 30.0 Å². The number of halogens is 2. The van der Waals surface area contributed by atoms with Crippen molar-refractivity contribution in [1.29, 1.82) is 0 Å². The number of hydrogen-bond acceptors (Lipinski definition) is 2. The first-order valence-electron chi connectivity index (χ1n) is 5.04. The van der Waals surface area contributed by atoms with Gasteiger partial charge in [-0.05, 0) is 35.9 Å². The summed E-state index contributed by atoms with van der Waals surface area (Å²) in [5, 5.41) is 0. The zero-order chi connectivity index (χ0) is 12.3. The number of aromatic nitrogens is 1. The van der Waals surface area contributed by atoms with Gasteiger partial charge in [0.2, 0.25) is 0 Å². The van der Waals surface area contributed by atoms with E-state index in [1.54, 1.807) is 30.5 Å². The highest BCUT2D eigenvalue weighted by atomic mass is 79.9. The quantitative estimate of drug-likeness (QED) is 0.812. The minimum atomic E-state index is -0.370. The Hall–Kier alpha value is -1.55. The van der Waals surface area contributed by atoms with Gasteiger partial charge in [0, 0.05) is 28.9 Å². The summed E-state index contributed by atoms with van der Waals surface area (Å²) in [6.45, 7) is 0. The molecule has 2 rings (SSSR count). The molecule has 0 unspecified atom stereocenters. The summed E-state index contributed by atoms with van der Waals surface area (Å²) in [5.41, 5.74) is 0.875. The molecule has 2 aromatic rings. The van der Waals surface area contributed by atoms with Crippen molar-refractivity contribution in [2.45, 2.75) is 6.42 Å². The SMILES string of the molecule is O=C(Cc1cc(Br)ccc1F)c1cccnc1. The van der Waals surface area contributed by atoms with Gasteiger partial charge in [0.15, 0.2) is 5.78 Å². The number of benzene rings is 1. The van der Waals surface area contributed by atoms with Gasteiger partial charge in [-0.1, -0.05) is 15.9 Å². The fraction of sp³-hybridized carbons (Fsp3) is 0.0769. The van der Waals surface area contributed by atoms with Crippen LogP contribution in [-0.2, 0) is 6.42 Å². The van der Waals surface area contributed by atoms with E-state index in [-0.39, 0.29) is 18.0 Å². The third-order valence-corrected chi connectivity index (χ3v) is 2.84. The van der Waals surface area contributed by atoms with Crippen LogP contribution in [0.4, 0.5) is 4.39 Å². The number of hydrogen-bond donors (Lipinski definition) is 0. The molecule has 86 valence electrons. The number of ketones is 1. The molecule has 2 nitrogen and oxygen atoms in total. The molecule has 0 aliphatic carbocycles. The predicted octanol–water partition coefficient (Wildman–Crippen LogP) is 3.41. The van der Waals surface area contributed by atoms with E-state index in [2.05, 4.69) is 20.9 Å². The summed E-state index contributed by atoms with van der Waals surface area (Å²) in [7, 11) is 0. The van der Waals surface area contributed by atoms with Crippen molar-refractivity contribution < 1.29 is 9.18 Å². The molecule has 0 aliphatic rings. The minimum absolute atomic E-state index is 0.0387. The summed E-state index contributed by atoms with van der Waals surface area (Å²) in [4.78, 5) is 15.7. The fourth-order valence-electron chi connectivity index (χ4n) is 1.48. The van der Waals surface area contributed by atoms with E-state index in [1.807, 2.05) is 0 Å². The Morgan fingerprint density at radius 3 is 2.88 bits per heavy atom. The lowest BCUT2D eigenvalue weighted by atomic mass is 10.0. The van der Waals surface area contributed by atoms with Crippen LogP contribution in [0.25, 0.3) is 0 Å². The van der Waals surface area contributed by atoms with E-state index in [4.69, 9.17) is 0 Å². The van der Waals surface area contributed by atoms with E-state index in [1.165, 1.54) is 12.3 Å². The van der Waals surface area contributed by atoms with E-state index in [0.29, 0.717) is 11.1 Å². The van der Waals surface area contributed by atoms with E-state index in [9.17, 15) is 9.18 Å². The molecule has 0 N–H and O–H groups in total. The summed E-state index contributed by atoms with van der Waals surface area (Å²) >= 11 is 3.25. The third kappa shape index (κ3) is 2.97. The normalized spacial score (nSPS) is 10.2. The molecule has 0 radical (unpaired) electrons. The molecule has 1 aromatic heterocycles. The van der Waals surface area contributed by atoms with Crippen LogP contribution < -0.4 is 0 Å². The Kier molecular flexibility index (Phi) is 3.64. The van der Waals surface area contributed by atoms with Gasteiger partial charge < -0.3 is 0 Å². The fourth-order valence-corrected chi connectivity index (χ4v) is 1.89. The maximum Gasteiger partial charge on any atom is 0.168 e. The highest BCUT2D eigenvalue weighted by molar-refractivity contribution is 9.10. The van der Waals surface area contributed by atoms with Crippen LogP contribution in [0.1, 0.15) is 15.9 Å². The second kappa shape index (κ2) is 5.19. The average Bonchev–Trinajstić information content (AvgIpc) is 2.35. The van der Waals surface area contributed by atoms with E-state index >= 15 is 0 Å². The summed E-state index contributed by atoms with van der Waals surface area (Å²) in [6, 6.07) is 7.92. The van der Waals surface area contributed by atoms with Crippen LogP contribution in [0.5, 0.6) is 0 Å². The van der Waals surface area contributed by atoms with Crippen molar-refractivity contribution in [3.63, 3.8) is 0 Å². The van der Waals surface area contributed by atoms with Crippen LogP contribution in [0.3, 0.4) is 0 Å². The number of pyridine rings is 1. The number of rotatable bonds is 3. The Bertz CT molecular complexity index is 542. The van der Waals surface area contributed by atoms with Crippen LogP contribution in [0.15, 0.2) is 47.2 Å². The lowest BCUT2D eigenvalue weighted by molar-refractivity contribution is 0.0991. The zero-order valence-corrected chi connectivity index (χ0v) is 10.4. The summed E-state index contributed by atoms with van der Waals surface area (Å²) in [6.07, 6.45) is 3.12. The molecule has 0 saturated heterocycles. The molecule has 0 amide bonds. The minimum Gasteiger partial charge on any atom is -0.294 e. The van der Waals surface area contributed by atoms with Crippen LogP contribution in [0.2, 0.25) is 0 Å². The number of carbonyl (C=O) groups is 1. The molecule has 0 bridgehead atoms. The maximum absolute atomic E-state index is 13.5. The van der Waals surface area contributed by atoms with Gasteiger partial charge >= 0.3 is 0 Å². The van der Waals surface area contributed by atoms with Gasteiger partial charge in [-0.15, -0.1) is 0 Å². The molecule has 0 aliphatic heterocycles. The lowest BCUT2D eigenvalue weighted by Crippen LogP contribution is -2.05. The molecule has 0 atom stereocenters. The van der Waals surface area contributed by atoms with Gasteiger partial charge in [0.25, 0.3) is 0 Å². The second-order valence-corrected chi connectivity index (χ2v) is 4.49. The van der Waals surface area contributed by atoms with Crippen LogP contribution in [-0.4, -0.2) is 10.8 Å². The highest BCUT2D eigenvalue weighted by Gasteiger charge is 2.10. The standard InChI is InChI=1S/C13H9BrFNO/c14-11-3-4-12(15)10(6-11)7-13(17)9-2-1-5-16-8-9/h1-6,8H,7H2. The molecule has 0 saturated carbocycles. The van der Waals surface area contributed by atoms with Gasteiger partial charge in [-0.2, -0.15) is 0 Å². The third-order valence-electron chi connectivity index (χ3n) is 2.34. The monoisotopic (exact) mass is 293 g/mol. The van der Waals surface area contributed by atoms with E-state index in [0.717, 1.165) is 4.47 Å². The summed E-state index contributed by atoms with van der Waals surface area (Å²) < 4.78 is 14.2. The molecule has 1 heterocycles. The second-order valence-electron chi connectivity index (χ2n) is 3.58. The summed E-state index contributed by atoms with van der Waals surface area (Å²) in [5.74, 6) is -0.513. The molecule has 17 heavy (non-hydrogen) atoms. The smallest absolute Gasteiger partial charge is 0.168 e. The first-order chi connectivity index (χ1) is 8.16. The molecular weight excluding hydrogens is 285 g/mol. The number of nitrogens with zero attached hydrogens (tertiary/aromatic N) is 1. The Labute approximate surface area is 107 Å². The van der Waals surface area contributed by atoms with Gasteiger partial charge in [0.1, 0.15) is 5.82 Å². The predicted molar refractivity (Wildman–Crippen MR) is 66.4 cm³/mol. The zero-order valence-electron chi connectivity index (χ0n) is 8.86. The lowest BCUT2D eigenvalue weighted by Gasteiger charge is -2.03. The maximum atomic E-state index is 13.5. The van der Waals surface area contributed by atoms with Crippen molar-refractivity contribution in [2.24, 2.45) is 0 Å². The van der Waals surface area contributed by atoms with E-state index < -0.39 is 0 Å². The molecule has 4 heteroatoms. The molecular formula is C13H9BrFNO.